The molecule has 0 radical (unpaired) electrons. The number of thiophene rings is 1. The van der Waals surface area contributed by atoms with E-state index in [1.54, 1.807) is 23.2 Å². The molecular weight excluding hydrogens is 262 g/mol. The fourth-order valence-electron chi connectivity index (χ4n) is 2.69. The van der Waals surface area contributed by atoms with Crippen molar-refractivity contribution in [2.24, 2.45) is 0 Å². The second-order valence-electron chi connectivity index (χ2n) is 5.37. The summed E-state index contributed by atoms with van der Waals surface area (Å²) in [5.41, 5.74) is 1.28. The summed E-state index contributed by atoms with van der Waals surface area (Å²) in [7, 11) is 0. The number of aliphatic carboxylic acids is 1. The third kappa shape index (κ3) is 2.27. The van der Waals surface area contributed by atoms with Gasteiger partial charge in [-0.2, -0.15) is 0 Å². The van der Waals surface area contributed by atoms with Crippen molar-refractivity contribution in [2.75, 3.05) is 0 Å². The van der Waals surface area contributed by atoms with Crippen LogP contribution in [0.15, 0.2) is 6.07 Å². The zero-order chi connectivity index (χ0) is 13.6. The van der Waals surface area contributed by atoms with Crippen LogP contribution >= 0.6 is 11.3 Å². The molecule has 1 N–H and O–H groups in total. The largest absolute Gasteiger partial charge is 0.480 e. The molecule has 0 aliphatic heterocycles. The molecule has 1 unspecified atom stereocenters. The van der Waals surface area contributed by atoms with Gasteiger partial charge in [0.25, 0.3) is 5.91 Å². The Hall–Kier alpha value is -1.36. The third-order valence-corrected chi connectivity index (χ3v) is 5.13. The number of hydrogen-bond acceptors (Lipinski definition) is 3. The van der Waals surface area contributed by atoms with Gasteiger partial charge in [-0.05, 0) is 50.7 Å². The first-order valence-corrected chi connectivity index (χ1v) is 7.56. The molecule has 1 heterocycles. The van der Waals surface area contributed by atoms with Crippen molar-refractivity contribution in [3.05, 3.63) is 21.4 Å². The van der Waals surface area contributed by atoms with Gasteiger partial charge in [0, 0.05) is 10.9 Å². The minimum absolute atomic E-state index is 0.100. The molecule has 102 valence electrons. The smallest absolute Gasteiger partial charge is 0.326 e. The Labute approximate surface area is 116 Å². The standard InChI is InChI=1S/C14H17NO3S/c1-8(14(17)18)15(10-5-6-10)13(16)12-7-9-3-2-4-11(9)19-12/h7-8,10H,2-6H2,1H3,(H,17,18). The van der Waals surface area contributed by atoms with Crippen LogP contribution in [-0.2, 0) is 17.6 Å². The summed E-state index contributed by atoms with van der Waals surface area (Å²) in [4.78, 5) is 27.3. The van der Waals surface area contributed by atoms with Gasteiger partial charge in [0.1, 0.15) is 6.04 Å². The van der Waals surface area contributed by atoms with E-state index in [0.29, 0.717) is 4.88 Å². The zero-order valence-corrected chi connectivity index (χ0v) is 11.7. The first-order valence-electron chi connectivity index (χ1n) is 6.75. The Balaban J connectivity index is 1.85. The van der Waals surface area contributed by atoms with Crippen LogP contribution in [0.3, 0.4) is 0 Å². The summed E-state index contributed by atoms with van der Waals surface area (Å²) >= 11 is 1.55. The molecule has 1 fully saturated rings. The molecule has 4 nitrogen and oxygen atoms in total. The van der Waals surface area contributed by atoms with Gasteiger partial charge in [-0.3, -0.25) is 4.79 Å². The number of fused-ring (bicyclic) bond motifs is 1. The van der Waals surface area contributed by atoms with Gasteiger partial charge in [0.05, 0.1) is 4.88 Å². The van der Waals surface area contributed by atoms with Crippen molar-refractivity contribution in [1.82, 2.24) is 4.90 Å². The van der Waals surface area contributed by atoms with Gasteiger partial charge < -0.3 is 10.0 Å². The average molecular weight is 279 g/mol. The van der Waals surface area contributed by atoms with E-state index in [2.05, 4.69) is 0 Å². The van der Waals surface area contributed by atoms with Crippen molar-refractivity contribution in [1.29, 1.82) is 0 Å². The second kappa shape index (κ2) is 4.63. The first kappa shape index (κ1) is 12.7. The normalized spacial score (nSPS) is 19.0. The van der Waals surface area contributed by atoms with Crippen LogP contribution in [-0.4, -0.2) is 34.0 Å². The topological polar surface area (TPSA) is 57.6 Å². The summed E-state index contributed by atoms with van der Waals surface area (Å²) in [6, 6.07) is 1.35. The summed E-state index contributed by atoms with van der Waals surface area (Å²) in [5, 5.41) is 9.15. The average Bonchev–Trinajstić information content (AvgIpc) is 2.95. The van der Waals surface area contributed by atoms with Crippen LogP contribution in [0.2, 0.25) is 0 Å². The maximum Gasteiger partial charge on any atom is 0.326 e. The Morgan fingerprint density at radius 1 is 1.42 bits per heavy atom. The Morgan fingerprint density at radius 2 is 2.16 bits per heavy atom. The molecule has 2 aliphatic rings. The molecule has 0 bridgehead atoms. The minimum Gasteiger partial charge on any atom is -0.480 e. The summed E-state index contributed by atoms with van der Waals surface area (Å²) in [5.74, 6) is -1.03. The summed E-state index contributed by atoms with van der Waals surface area (Å²) < 4.78 is 0. The van der Waals surface area contributed by atoms with Gasteiger partial charge >= 0.3 is 5.97 Å². The number of rotatable bonds is 4. The number of carbonyl (C=O) groups excluding carboxylic acids is 1. The lowest BCUT2D eigenvalue weighted by Gasteiger charge is -2.25. The maximum absolute atomic E-state index is 12.6. The Morgan fingerprint density at radius 3 is 2.74 bits per heavy atom. The number of aryl methyl sites for hydroxylation is 2. The van der Waals surface area contributed by atoms with Crippen LogP contribution < -0.4 is 0 Å². The van der Waals surface area contributed by atoms with Gasteiger partial charge in [-0.1, -0.05) is 0 Å². The minimum atomic E-state index is -0.927. The molecule has 3 rings (SSSR count). The number of carbonyl (C=O) groups is 2. The fourth-order valence-corrected chi connectivity index (χ4v) is 3.89. The van der Waals surface area contributed by atoms with Crippen LogP contribution in [0.25, 0.3) is 0 Å². The molecule has 2 aliphatic carbocycles. The maximum atomic E-state index is 12.6. The zero-order valence-electron chi connectivity index (χ0n) is 10.9. The number of carboxylic acid groups (broad SMARTS) is 1. The summed E-state index contributed by atoms with van der Waals surface area (Å²) in [6.45, 7) is 1.60. The molecule has 1 aromatic rings. The van der Waals surface area contributed by atoms with E-state index in [1.165, 1.54) is 16.9 Å². The molecular formula is C14H17NO3S. The quantitative estimate of drug-likeness (QED) is 0.920. The number of nitrogens with zero attached hydrogens (tertiary/aromatic N) is 1. The molecule has 19 heavy (non-hydrogen) atoms. The van der Waals surface area contributed by atoms with Crippen LogP contribution in [0.5, 0.6) is 0 Å². The summed E-state index contributed by atoms with van der Waals surface area (Å²) in [6.07, 6.45) is 5.14. The highest BCUT2D eigenvalue weighted by molar-refractivity contribution is 7.14. The fraction of sp³-hybridized carbons (Fsp3) is 0.571. The van der Waals surface area contributed by atoms with E-state index >= 15 is 0 Å². The van der Waals surface area contributed by atoms with Crippen LogP contribution in [0.4, 0.5) is 0 Å². The highest BCUT2D eigenvalue weighted by Gasteiger charge is 2.39. The van der Waals surface area contributed by atoms with E-state index in [-0.39, 0.29) is 11.9 Å². The Bertz CT molecular complexity index is 511. The van der Waals surface area contributed by atoms with Gasteiger partial charge in [-0.15, -0.1) is 11.3 Å². The van der Waals surface area contributed by atoms with E-state index in [4.69, 9.17) is 5.11 Å². The highest BCUT2D eigenvalue weighted by Crippen LogP contribution is 2.35. The van der Waals surface area contributed by atoms with E-state index in [0.717, 1.165) is 25.7 Å². The molecule has 0 aromatic carbocycles. The molecule has 1 amide bonds. The molecule has 1 aromatic heterocycles. The van der Waals surface area contributed by atoms with E-state index < -0.39 is 12.0 Å². The highest BCUT2D eigenvalue weighted by atomic mass is 32.1. The predicted octanol–water partition coefficient (Wildman–Crippen LogP) is 2.31. The van der Waals surface area contributed by atoms with Crippen molar-refractivity contribution in [2.45, 2.75) is 51.1 Å². The Kier molecular flexibility index (Phi) is 3.09. The van der Waals surface area contributed by atoms with Gasteiger partial charge in [-0.25, -0.2) is 4.79 Å². The van der Waals surface area contributed by atoms with E-state index in [9.17, 15) is 9.59 Å². The molecule has 1 saturated carbocycles. The first-order chi connectivity index (χ1) is 9.08. The van der Waals surface area contributed by atoms with Gasteiger partial charge in [0.15, 0.2) is 0 Å². The molecule has 5 heteroatoms. The van der Waals surface area contributed by atoms with Crippen LogP contribution in [0, 0.1) is 0 Å². The monoisotopic (exact) mass is 279 g/mol. The van der Waals surface area contributed by atoms with Crippen molar-refractivity contribution in [3.8, 4) is 0 Å². The number of amides is 1. The van der Waals surface area contributed by atoms with Gasteiger partial charge in [0.2, 0.25) is 0 Å². The second-order valence-corrected chi connectivity index (χ2v) is 6.51. The number of carboxylic acids is 1. The third-order valence-electron chi connectivity index (χ3n) is 3.91. The van der Waals surface area contributed by atoms with Crippen molar-refractivity contribution < 1.29 is 14.7 Å². The molecule has 0 spiro atoms. The molecule has 0 saturated heterocycles. The van der Waals surface area contributed by atoms with Crippen molar-refractivity contribution >= 4 is 23.2 Å². The lowest BCUT2D eigenvalue weighted by molar-refractivity contribution is -0.141. The van der Waals surface area contributed by atoms with E-state index in [1.807, 2.05) is 6.07 Å². The lowest BCUT2D eigenvalue weighted by atomic mass is 10.2. The SMILES string of the molecule is CC(C(=O)O)N(C(=O)c1cc2c(s1)CCC2)C1CC1. The number of hydrogen-bond donors (Lipinski definition) is 1. The molecule has 1 atom stereocenters. The van der Waals surface area contributed by atoms with Crippen molar-refractivity contribution in [3.63, 3.8) is 0 Å². The predicted molar refractivity (Wildman–Crippen MR) is 72.6 cm³/mol. The van der Waals surface area contributed by atoms with Crippen LogP contribution in [0.1, 0.15) is 46.3 Å². The lowest BCUT2D eigenvalue weighted by Crippen LogP contribution is -2.44.